The standard InChI is InChI=1S/C41H39N/c1-29-15-9-10-18-32-19-11-12-22-34(32)40(30(29)2)36-27-28-37-35-23-13-14-24-39(35)42(33-20-7-4-8-21-33)41(37)38(36)26-25-31-16-5-3-6-17-31/h3-10,12,15-18,20-22,27-28H,1,11,13-14,19,23-26H2,2H3/b15-9-,18-10?,40-30?. The van der Waals surface area contributed by atoms with Crippen LogP contribution in [0.3, 0.4) is 0 Å². The molecule has 0 N–H and O–H groups in total. The molecule has 42 heavy (non-hydrogen) atoms. The quantitative estimate of drug-likeness (QED) is 0.235. The molecule has 7 rings (SSSR count). The van der Waals surface area contributed by atoms with Gasteiger partial charge in [-0.25, -0.2) is 0 Å². The first-order valence-corrected chi connectivity index (χ1v) is 15.6. The fourth-order valence-corrected chi connectivity index (χ4v) is 7.24. The molecule has 1 heteroatoms. The molecule has 0 unspecified atom stereocenters. The second-order valence-electron chi connectivity index (χ2n) is 11.9. The van der Waals surface area contributed by atoms with Crippen molar-refractivity contribution in [1.29, 1.82) is 0 Å². The maximum atomic E-state index is 4.53. The number of hydrogen-bond acceptors (Lipinski definition) is 0. The van der Waals surface area contributed by atoms with Crippen molar-refractivity contribution in [3.63, 3.8) is 0 Å². The Hall–Kier alpha value is -4.36. The Labute approximate surface area is 250 Å². The maximum absolute atomic E-state index is 4.53. The van der Waals surface area contributed by atoms with Crippen LogP contribution in [0.2, 0.25) is 0 Å². The summed E-state index contributed by atoms with van der Waals surface area (Å²) >= 11 is 0. The highest BCUT2D eigenvalue weighted by atomic mass is 15.0. The van der Waals surface area contributed by atoms with E-state index in [1.54, 1.807) is 5.56 Å². The minimum absolute atomic E-state index is 0.980. The molecule has 0 bridgehead atoms. The smallest absolute Gasteiger partial charge is 0.0572 e. The molecule has 1 aromatic heterocycles. The molecule has 0 amide bonds. The molecule has 0 aliphatic heterocycles. The first-order valence-electron chi connectivity index (χ1n) is 15.6. The number of allylic oxidation sites excluding steroid dienone is 11. The van der Waals surface area contributed by atoms with Crippen molar-refractivity contribution in [2.75, 3.05) is 0 Å². The summed E-state index contributed by atoms with van der Waals surface area (Å²) in [6.07, 6.45) is 22.5. The van der Waals surface area contributed by atoms with E-state index >= 15 is 0 Å². The van der Waals surface area contributed by atoms with Gasteiger partial charge in [0, 0.05) is 16.8 Å². The van der Waals surface area contributed by atoms with Crippen molar-refractivity contribution < 1.29 is 0 Å². The summed E-state index contributed by atoms with van der Waals surface area (Å²) < 4.78 is 2.62. The van der Waals surface area contributed by atoms with Crippen LogP contribution in [0.25, 0.3) is 22.2 Å². The Balaban J connectivity index is 1.56. The third-order valence-electron chi connectivity index (χ3n) is 9.37. The maximum Gasteiger partial charge on any atom is 0.0572 e. The third-order valence-corrected chi connectivity index (χ3v) is 9.37. The summed E-state index contributed by atoms with van der Waals surface area (Å²) in [4.78, 5) is 0. The first-order chi connectivity index (χ1) is 20.7. The highest BCUT2D eigenvalue weighted by Gasteiger charge is 2.27. The Kier molecular flexibility index (Phi) is 7.26. The number of aryl methyl sites for hydroxylation is 3. The summed E-state index contributed by atoms with van der Waals surface area (Å²) in [6.45, 7) is 6.80. The van der Waals surface area contributed by atoms with E-state index in [9.17, 15) is 0 Å². The number of rotatable bonds is 5. The number of benzene rings is 3. The van der Waals surface area contributed by atoms with Gasteiger partial charge in [0.2, 0.25) is 0 Å². The van der Waals surface area contributed by atoms with Gasteiger partial charge < -0.3 is 4.57 Å². The molecule has 3 aliphatic carbocycles. The summed E-state index contributed by atoms with van der Waals surface area (Å²) in [5.41, 5.74) is 16.4. The zero-order valence-electron chi connectivity index (χ0n) is 24.7. The second-order valence-corrected chi connectivity index (χ2v) is 11.9. The van der Waals surface area contributed by atoms with E-state index in [2.05, 4.69) is 127 Å². The Morgan fingerprint density at radius 1 is 0.762 bits per heavy atom. The molecule has 0 atom stereocenters. The minimum atomic E-state index is 0.980. The van der Waals surface area contributed by atoms with Gasteiger partial charge in [0.05, 0.1) is 5.52 Å². The van der Waals surface area contributed by atoms with E-state index in [1.807, 2.05) is 0 Å². The summed E-state index contributed by atoms with van der Waals surface area (Å²) in [5.74, 6) is 0. The number of para-hydroxylation sites is 1. The van der Waals surface area contributed by atoms with E-state index < -0.39 is 0 Å². The number of aromatic nitrogens is 1. The van der Waals surface area contributed by atoms with Crippen molar-refractivity contribution >= 4 is 16.5 Å². The molecule has 0 spiro atoms. The predicted molar refractivity (Wildman–Crippen MR) is 179 cm³/mol. The van der Waals surface area contributed by atoms with Crippen molar-refractivity contribution in [3.05, 3.63) is 166 Å². The second kappa shape index (κ2) is 11.5. The first kappa shape index (κ1) is 26.5. The monoisotopic (exact) mass is 545 g/mol. The number of nitrogens with zero attached hydrogens (tertiary/aromatic N) is 1. The fraction of sp³-hybridized carbons (Fsp3) is 0.220. The largest absolute Gasteiger partial charge is 0.313 e. The van der Waals surface area contributed by atoms with Gasteiger partial charge in [-0.1, -0.05) is 104 Å². The molecule has 0 saturated heterocycles. The van der Waals surface area contributed by atoms with E-state index in [1.165, 1.54) is 74.1 Å². The van der Waals surface area contributed by atoms with Crippen LogP contribution in [0.5, 0.6) is 0 Å². The molecule has 1 heterocycles. The molecular weight excluding hydrogens is 506 g/mol. The molecule has 1 nitrogen and oxygen atoms in total. The molecule has 3 aromatic carbocycles. The number of hydrogen-bond donors (Lipinski definition) is 0. The lowest BCUT2D eigenvalue weighted by atomic mass is 9.81. The predicted octanol–water partition coefficient (Wildman–Crippen LogP) is 10.4. The van der Waals surface area contributed by atoms with Crippen LogP contribution in [0, 0.1) is 0 Å². The normalized spacial score (nSPS) is 17.6. The molecule has 208 valence electrons. The van der Waals surface area contributed by atoms with E-state index in [0.717, 1.165) is 44.1 Å². The molecule has 0 fully saturated rings. The van der Waals surface area contributed by atoms with Gasteiger partial charge in [-0.2, -0.15) is 0 Å². The van der Waals surface area contributed by atoms with Gasteiger partial charge in [-0.15, -0.1) is 0 Å². The Morgan fingerprint density at radius 2 is 1.52 bits per heavy atom. The van der Waals surface area contributed by atoms with E-state index in [4.69, 9.17) is 0 Å². The molecule has 4 aromatic rings. The molecule has 3 aliphatic rings. The van der Waals surface area contributed by atoms with Crippen molar-refractivity contribution in [1.82, 2.24) is 4.57 Å². The van der Waals surface area contributed by atoms with Crippen LogP contribution in [0.1, 0.15) is 60.6 Å². The van der Waals surface area contributed by atoms with Crippen LogP contribution < -0.4 is 0 Å². The zero-order valence-corrected chi connectivity index (χ0v) is 24.7. The zero-order chi connectivity index (χ0) is 28.5. The van der Waals surface area contributed by atoms with Crippen LogP contribution >= 0.6 is 0 Å². The summed E-state index contributed by atoms with van der Waals surface area (Å²) in [7, 11) is 0. The van der Waals surface area contributed by atoms with Crippen molar-refractivity contribution in [2.24, 2.45) is 0 Å². The Morgan fingerprint density at radius 3 is 2.36 bits per heavy atom. The van der Waals surface area contributed by atoms with Crippen LogP contribution in [0.4, 0.5) is 0 Å². The summed E-state index contributed by atoms with van der Waals surface area (Å²) in [6, 6.07) is 26.9. The van der Waals surface area contributed by atoms with Gasteiger partial charge in [0.15, 0.2) is 0 Å². The lowest BCUT2D eigenvalue weighted by Gasteiger charge is -2.24. The highest BCUT2D eigenvalue weighted by Crippen LogP contribution is 2.43. The van der Waals surface area contributed by atoms with Gasteiger partial charge in [-0.3, -0.25) is 0 Å². The van der Waals surface area contributed by atoms with Crippen LogP contribution in [-0.4, -0.2) is 4.57 Å². The molecular formula is C41H39N. The van der Waals surface area contributed by atoms with Crippen LogP contribution in [-0.2, 0) is 25.7 Å². The van der Waals surface area contributed by atoms with Gasteiger partial charge >= 0.3 is 0 Å². The summed E-state index contributed by atoms with van der Waals surface area (Å²) in [5, 5.41) is 1.44. The third kappa shape index (κ3) is 4.77. The number of fused-ring (bicyclic) bond motifs is 3. The average molecular weight is 546 g/mol. The topological polar surface area (TPSA) is 4.93 Å². The Bertz CT molecular complexity index is 1820. The van der Waals surface area contributed by atoms with Crippen molar-refractivity contribution in [2.45, 2.75) is 58.3 Å². The molecule has 0 radical (unpaired) electrons. The van der Waals surface area contributed by atoms with Gasteiger partial charge in [-0.05, 0) is 121 Å². The van der Waals surface area contributed by atoms with Crippen molar-refractivity contribution in [3.8, 4) is 5.69 Å². The average Bonchev–Trinajstić information content (AvgIpc) is 3.40. The SMILES string of the molecule is C=C1/C=C\C=CC2=C(C=CCC2)C(c2ccc3c4c(n(-c5ccccc5)c3c2CCc2ccccc2)CCCC4)=C1C. The van der Waals surface area contributed by atoms with Gasteiger partial charge in [0.1, 0.15) is 0 Å². The lowest BCUT2D eigenvalue weighted by molar-refractivity contribution is 0.666. The molecule has 0 saturated carbocycles. The van der Waals surface area contributed by atoms with Gasteiger partial charge in [0.25, 0.3) is 0 Å². The minimum Gasteiger partial charge on any atom is -0.313 e. The lowest BCUT2D eigenvalue weighted by Crippen LogP contribution is -2.08. The highest BCUT2D eigenvalue weighted by molar-refractivity contribution is 5.98. The fourth-order valence-electron chi connectivity index (χ4n) is 7.24. The van der Waals surface area contributed by atoms with E-state index in [0.29, 0.717) is 0 Å². The van der Waals surface area contributed by atoms with E-state index in [-0.39, 0.29) is 0 Å². The van der Waals surface area contributed by atoms with Crippen LogP contribution in [0.15, 0.2) is 138 Å².